The Morgan fingerprint density at radius 1 is 1.17 bits per heavy atom. The van der Waals surface area contributed by atoms with Crippen LogP contribution < -0.4 is 4.90 Å². The van der Waals surface area contributed by atoms with Gasteiger partial charge in [0.2, 0.25) is 0 Å². The SMILES string of the molecule is Cc1c(-c2[nH]c3sc(N4CC5(CN(CCS(C)(=O)=O)C5)C4)nc3c2C(C)C)cn2ncnc2c1C. The van der Waals surface area contributed by atoms with Gasteiger partial charge in [0.15, 0.2) is 10.8 Å². The van der Waals surface area contributed by atoms with Crippen LogP contribution in [0.2, 0.25) is 0 Å². The largest absolute Gasteiger partial charge is 0.347 e. The van der Waals surface area contributed by atoms with Gasteiger partial charge < -0.3 is 14.8 Å². The number of hydrogen-bond donors (Lipinski definition) is 1. The highest BCUT2D eigenvalue weighted by molar-refractivity contribution is 7.90. The van der Waals surface area contributed by atoms with E-state index in [0.29, 0.717) is 17.9 Å². The quantitative estimate of drug-likeness (QED) is 0.423. The van der Waals surface area contributed by atoms with Gasteiger partial charge in [0, 0.05) is 61.7 Å². The fourth-order valence-electron chi connectivity index (χ4n) is 5.69. The molecule has 2 fully saturated rings. The van der Waals surface area contributed by atoms with E-state index in [1.807, 2.05) is 4.52 Å². The number of nitrogens with zero attached hydrogens (tertiary/aromatic N) is 6. The van der Waals surface area contributed by atoms with Crippen molar-refractivity contribution < 1.29 is 8.42 Å². The number of thiazole rings is 1. The van der Waals surface area contributed by atoms with Crippen LogP contribution in [0.15, 0.2) is 12.5 Å². The number of sulfone groups is 1. The normalized spacial score (nSPS) is 18.2. The van der Waals surface area contributed by atoms with Gasteiger partial charge in [-0.3, -0.25) is 0 Å². The number of aromatic nitrogens is 5. The lowest BCUT2D eigenvalue weighted by atomic mass is 9.73. The smallest absolute Gasteiger partial charge is 0.187 e. The number of anilines is 1. The molecule has 2 aliphatic rings. The van der Waals surface area contributed by atoms with Crippen LogP contribution >= 0.6 is 11.3 Å². The summed E-state index contributed by atoms with van der Waals surface area (Å²) >= 11 is 1.72. The third-order valence-electron chi connectivity index (χ3n) is 7.57. The Morgan fingerprint density at radius 3 is 2.60 bits per heavy atom. The van der Waals surface area contributed by atoms with Crippen LogP contribution in [0.3, 0.4) is 0 Å². The summed E-state index contributed by atoms with van der Waals surface area (Å²) in [6.07, 6.45) is 4.98. The maximum atomic E-state index is 11.4. The highest BCUT2D eigenvalue weighted by Gasteiger charge is 2.52. The molecule has 1 N–H and O–H groups in total. The molecule has 186 valence electrons. The molecular weight excluding hydrogens is 482 g/mol. The molecule has 0 saturated carbocycles. The Kier molecular flexibility index (Phi) is 5.08. The van der Waals surface area contributed by atoms with Crippen molar-refractivity contribution in [1.29, 1.82) is 0 Å². The van der Waals surface area contributed by atoms with E-state index in [-0.39, 0.29) is 5.75 Å². The van der Waals surface area contributed by atoms with Crippen molar-refractivity contribution in [3.8, 4) is 11.3 Å². The van der Waals surface area contributed by atoms with Gasteiger partial charge in [-0.1, -0.05) is 25.2 Å². The molecule has 2 saturated heterocycles. The van der Waals surface area contributed by atoms with Crippen molar-refractivity contribution in [2.24, 2.45) is 5.41 Å². The van der Waals surface area contributed by atoms with Crippen molar-refractivity contribution in [3.05, 3.63) is 29.2 Å². The fraction of sp³-hybridized carbons (Fsp3) is 0.542. The molecule has 0 amide bonds. The topological polar surface area (TPSA) is 99.5 Å². The Bertz CT molecular complexity index is 1550. The average molecular weight is 514 g/mol. The Balaban J connectivity index is 1.25. The molecule has 9 nitrogen and oxygen atoms in total. The maximum absolute atomic E-state index is 11.4. The van der Waals surface area contributed by atoms with Gasteiger partial charge in [-0.2, -0.15) is 5.10 Å². The first-order valence-electron chi connectivity index (χ1n) is 12.0. The molecule has 1 spiro atoms. The Labute approximate surface area is 209 Å². The van der Waals surface area contributed by atoms with E-state index in [0.717, 1.165) is 64.1 Å². The summed E-state index contributed by atoms with van der Waals surface area (Å²) in [4.78, 5) is 18.9. The van der Waals surface area contributed by atoms with Crippen LogP contribution in [0.4, 0.5) is 5.13 Å². The van der Waals surface area contributed by atoms with Crippen molar-refractivity contribution in [1.82, 2.24) is 29.5 Å². The van der Waals surface area contributed by atoms with E-state index >= 15 is 0 Å². The third-order valence-corrected chi connectivity index (χ3v) is 9.53. The first-order valence-corrected chi connectivity index (χ1v) is 14.9. The highest BCUT2D eigenvalue weighted by atomic mass is 32.2. The van der Waals surface area contributed by atoms with Gasteiger partial charge in [0.25, 0.3) is 0 Å². The molecule has 11 heteroatoms. The van der Waals surface area contributed by atoms with Crippen LogP contribution in [0, 0.1) is 19.3 Å². The van der Waals surface area contributed by atoms with Crippen LogP contribution in [0.25, 0.3) is 27.3 Å². The maximum Gasteiger partial charge on any atom is 0.187 e. The zero-order valence-corrected chi connectivity index (χ0v) is 22.4. The Hall–Kier alpha value is -2.50. The number of fused-ring (bicyclic) bond motifs is 2. The monoisotopic (exact) mass is 513 g/mol. The number of nitrogens with one attached hydrogen (secondary N) is 1. The van der Waals surface area contributed by atoms with E-state index in [2.05, 4.69) is 58.8 Å². The summed E-state index contributed by atoms with van der Waals surface area (Å²) in [6.45, 7) is 13.3. The summed E-state index contributed by atoms with van der Waals surface area (Å²) in [5.74, 6) is 0.560. The molecule has 0 aromatic carbocycles. The van der Waals surface area contributed by atoms with Gasteiger partial charge in [-0.15, -0.1) is 0 Å². The molecule has 2 aliphatic heterocycles. The number of aryl methyl sites for hydroxylation is 1. The standard InChI is InChI=1S/C24H31N7O2S2/c1-14(2)18-19(17-8-31-21(25-13-26-31)16(4)15(17)3)27-22-20(18)28-23(34-22)30-11-24(12-30)9-29(10-24)6-7-35(5,32)33/h8,13-14,27H,6-7,9-12H2,1-5H3. The zero-order valence-electron chi connectivity index (χ0n) is 20.8. The predicted molar refractivity (Wildman–Crippen MR) is 140 cm³/mol. The molecule has 0 atom stereocenters. The minimum absolute atomic E-state index is 0.243. The second-order valence-corrected chi connectivity index (χ2v) is 14.0. The summed E-state index contributed by atoms with van der Waals surface area (Å²) in [6, 6.07) is 0. The van der Waals surface area contributed by atoms with Crippen LogP contribution in [0.5, 0.6) is 0 Å². The van der Waals surface area contributed by atoms with Crippen molar-refractivity contribution in [2.75, 3.05) is 49.6 Å². The van der Waals surface area contributed by atoms with Gasteiger partial charge in [0.1, 0.15) is 26.5 Å². The third kappa shape index (κ3) is 3.75. The molecule has 0 unspecified atom stereocenters. The lowest BCUT2D eigenvalue weighted by Gasteiger charge is -2.60. The van der Waals surface area contributed by atoms with E-state index in [1.54, 1.807) is 17.7 Å². The average Bonchev–Trinajstić information content (AvgIpc) is 3.41. The second-order valence-electron chi connectivity index (χ2n) is 10.8. The lowest BCUT2D eigenvalue weighted by Crippen LogP contribution is -2.72. The molecule has 35 heavy (non-hydrogen) atoms. The number of likely N-dealkylation sites (tertiary alicyclic amines) is 1. The van der Waals surface area contributed by atoms with E-state index in [1.165, 1.54) is 17.4 Å². The predicted octanol–water partition coefficient (Wildman–Crippen LogP) is 3.24. The number of H-pyrrole nitrogens is 1. The van der Waals surface area contributed by atoms with Crippen molar-refractivity contribution in [3.63, 3.8) is 0 Å². The second kappa shape index (κ2) is 7.75. The number of pyridine rings is 1. The molecule has 4 aromatic rings. The van der Waals surface area contributed by atoms with E-state index in [9.17, 15) is 8.42 Å². The highest BCUT2D eigenvalue weighted by Crippen LogP contribution is 2.46. The number of hydrogen-bond acceptors (Lipinski definition) is 8. The minimum Gasteiger partial charge on any atom is -0.347 e. The molecule has 6 rings (SSSR count). The first-order chi connectivity index (χ1) is 16.5. The fourth-order valence-corrected chi connectivity index (χ4v) is 7.27. The summed E-state index contributed by atoms with van der Waals surface area (Å²) in [7, 11) is -2.90. The molecule has 6 heterocycles. The summed E-state index contributed by atoms with van der Waals surface area (Å²) < 4.78 is 24.7. The molecule has 0 radical (unpaired) electrons. The summed E-state index contributed by atoms with van der Waals surface area (Å²) in [5, 5.41) is 5.44. The van der Waals surface area contributed by atoms with Gasteiger partial charge >= 0.3 is 0 Å². The van der Waals surface area contributed by atoms with Crippen molar-refractivity contribution >= 4 is 42.3 Å². The van der Waals surface area contributed by atoms with E-state index < -0.39 is 9.84 Å². The van der Waals surface area contributed by atoms with Gasteiger partial charge in [-0.25, -0.2) is 22.9 Å². The van der Waals surface area contributed by atoms with Crippen LogP contribution in [0.1, 0.15) is 36.5 Å². The minimum atomic E-state index is -2.90. The zero-order chi connectivity index (χ0) is 24.7. The lowest BCUT2D eigenvalue weighted by molar-refractivity contribution is -0.0172. The molecule has 0 aliphatic carbocycles. The van der Waals surface area contributed by atoms with Crippen LogP contribution in [-0.4, -0.2) is 82.6 Å². The summed E-state index contributed by atoms with van der Waals surface area (Å²) in [5.41, 5.74) is 8.11. The van der Waals surface area contributed by atoms with Gasteiger partial charge in [-0.05, 0) is 30.9 Å². The Morgan fingerprint density at radius 2 is 1.91 bits per heavy atom. The number of rotatable bonds is 6. The van der Waals surface area contributed by atoms with Crippen LogP contribution in [-0.2, 0) is 9.84 Å². The molecule has 0 bridgehead atoms. The first kappa shape index (κ1) is 22.9. The van der Waals surface area contributed by atoms with Gasteiger partial charge in [0.05, 0.1) is 11.4 Å². The van der Waals surface area contributed by atoms with E-state index in [4.69, 9.17) is 4.98 Å². The number of aromatic amines is 1. The van der Waals surface area contributed by atoms with Crippen molar-refractivity contribution in [2.45, 2.75) is 33.6 Å². The molecular formula is C24H31N7O2S2. The molecule has 4 aromatic heterocycles.